The zero-order chi connectivity index (χ0) is 14.9. The quantitative estimate of drug-likeness (QED) is 0.806. The number of amides is 2. The van der Waals surface area contributed by atoms with Gasteiger partial charge in [0.2, 0.25) is 11.8 Å². The van der Waals surface area contributed by atoms with E-state index in [0.29, 0.717) is 6.42 Å². The van der Waals surface area contributed by atoms with E-state index in [0.717, 1.165) is 44.1 Å². The summed E-state index contributed by atoms with van der Waals surface area (Å²) >= 11 is 0. The van der Waals surface area contributed by atoms with Crippen molar-refractivity contribution in [2.45, 2.75) is 50.9 Å². The fraction of sp³-hybridized carbons (Fsp3) is 0.529. The van der Waals surface area contributed by atoms with Crippen LogP contribution in [0.25, 0.3) is 0 Å². The molecule has 1 aliphatic heterocycles. The second-order valence-electron chi connectivity index (χ2n) is 6.35. The number of halogens is 1. The van der Waals surface area contributed by atoms with E-state index in [1.807, 2.05) is 0 Å². The number of rotatable bonds is 1. The lowest BCUT2D eigenvalue weighted by atomic mass is 9.63. The Balaban J connectivity index is 2.01. The van der Waals surface area contributed by atoms with E-state index in [-0.39, 0.29) is 29.0 Å². The molecule has 3 nitrogen and oxygen atoms in total. The molecule has 0 radical (unpaired) electrons. The number of carbonyl (C=O) groups is 2. The predicted octanol–water partition coefficient (Wildman–Crippen LogP) is 3.30. The van der Waals surface area contributed by atoms with Crippen molar-refractivity contribution in [3.8, 4) is 0 Å². The van der Waals surface area contributed by atoms with Gasteiger partial charge in [-0.05, 0) is 36.0 Å². The highest BCUT2D eigenvalue weighted by Crippen LogP contribution is 2.50. The molecule has 1 aromatic carbocycles. The van der Waals surface area contributed by atoms with Crippen LogP contribution in [0, 0.1) is 11.2 Å². The molecular formula is C17H20FNO2. The predicted molar refractivity (Wildman–Crippen MR) is 77.0 cm³/mol. The van der Waals surface area contributed by atoms with E-state index < -0.39 is 0 Å². The van der Waals surface area contributed by atoms with Gasteiger partial charge in [0.05, 0.1) is 5.92 Å². The highest BCUT2D eigenvalue weighted by molar-refractivity contribution is 6.02. The number of hydrogen-bond donors (Lipinski definition) is 1. The van der Waals surface area contributed by atoms with E-state index in [4.69, 9.17) is 0 Å². The van der Waals surface area contributed by atoms with Crippen LogP contribution in [0.3, 0.4) is 0 Å². The molecule has 3 rings (SSSR count). The van der Waals surface area contributed by atoms with Crippen molar-refractivity contribution in [2.24, 2.45) is 5.41 Å². The van der Waals surface area contributed by atoms with Gasteiger partial charge in [-0.25, -0.2) is 4.39 Å². The molecule has 4 heteroatoms. The zero-order valence-electron chi connectivity index (χ0n) is 12.0. The standard InChI is InChI=1S/C17H20FNO2/c18-13-7-5-12(6-8-13)15-16(21)19-14(20)11-17(15)9-3-1-2-4-10-17/h5-8,15H,1-4,9-11H2,(H,19,20,21). The second kappa shape index (κ2) is 5.58. The van der Waals surface area contributed by atoms with Crippen molar-refractivity contribution in [3.05, 3.63) is 35.6 Å². The van der Waals surface area contributed by atoms with Gasteiger partial charge < -0.3 is 0 Å². The first-order valence-electron chi connectivity index (χ1n) is 7.70. The van der Waals surface area contributed by atoms with E-state index in [1.165, 1.54) is 12.1 Å². The molecule has 1 aromatic rings. The zero-order valence-corrected chi connectivity index (χ0v) is 12.0. The SMILES string of the molecule is O=C1CC2(CCCCCC2)C(c2ccc(F)cc2)C(=O)N1. The van der Waals surface area contributed by atoms with Crippen molar-refractivity contribution < 1.29 is 14.0 Å². The maximum absolute atomic E-state index is 13.2. The van der Waals surface area contributed by atoms with Crippen LogP contribution in [-0.4, -0.2) is 11.8 Å². The molecule has 0 aromatic heterocycles. The Morgan fingerprint density at radius 2 is 1.62 bits per heavy atom. The number of piperidine rings is 1. The third-order valence-corrected chi connectivity index (χ3v) is 4.95. The molecule has 1 saturated heterocycles. The highest BCUT2D eigenvalue weighted by Gasteiger charge is 2.48. The molecule has 0 bridgehead atoms. The van der Waals surface area contributed by atoms with Gasteiger partial charge in [0.1, 0.15) is 5.82 Å². The van der Waals surface area contributed by atoms with Gasteiger partial charge in [-0.3, -0.25) is 14.9 Å². The Hall–Kier alpha value is -1.71. The van der Waals surface area contributed by atoms with E-state index in [9.17, 15) is 14.0 Å². The summed E-state index contributed by atoms with van der Waals surface area (Å²) in [7, 11) is 0. The van der Waals surface area contributed by atoms with Gasteiger partial charge in [0.25, 0.3) is 0 Å². The molecule has 2 fully saturated rings. The van der Waals surface area contributed by atoms with Crippen molar-refractivity contribution >= 4 is 11.8 Å². The number of carbonyl (C=O) groups excluding carboxylic acids is 2. The number of imide groups is 1. The van der Waals surface area contributed by atoms with Crippen LogP contribution in [0.5, 0.6) is 0 Å². The Labute approximate surface area is 123 Å². The van der Waals surface area contributed by atoms with Crippen LogP contribution in [0.15, 0.2) is 24.3 Å². The van der Waals surface area contributed by atoms with Crippen LogP contribution in [-0.2, 0) is 9.59 Å². The number of nitrogens with one attached hydrogen (secondary N) is 1. The molecule has 1 spiro atoms. The summed E-state index contributed by atoms with van der Waals surface area (Å²) < 4.78 is 13.2. The van der Waals surface area contributed by atoms with Crippen LogP contribution in [0.2, 0.25) is 0 Å². The van der Waals surface area contributed by atoms with E-state index in [1.54, 1.807) is 12.1 Å². The first kappa shape index (κ1) is 14.2. The summed E-state index contributed by atoms with van der Waals surface area (Å²) in [5.74, 6) is -1.03. The van der Waals surface area contributed by atoms with Gasteiger partial charge >= 0.3 is 0 Å². The normalized spacial score (nSPS) is 25.5. The summed E-state index contributed by atoms with van der Waals surface area (Å²) in [6.07, 6.45) is 6.63. The average Bonchev–Trinajstić information content (AvgIpc) is 2.66. The highest BCUT2D eigenvalue weighted by atomic mass is 19.1. The van der Waals surface area contributed by atoms with Gasteiger partial charge in [-0.15, -0.1) is 0 Å². The Morgan fingerprint density at radius 3 is 2.24 bits per heavy atom. The van der Waals surface area contributed by atoms with Gasteiger partial charge in [0, 0.05) is 6.42 Å². The number of benzene rings is 1. The van der Waals surface area contributed by atoms with Crippen molar-refractivity contribution in [3.63, 3.8) is 0 Å². The molecular weight excluding hydrogens is 269 g/mol. The Kier molecular flexibility index (Phi) is 3.79. The first-order chi connectivity index (χ1) is 10.1. The molecule has 112 valence electrons. The minimum absolute atomic E-state index is 0.166. The summed E-state index contributed by atoms with van der Waals surface area (Å²) in [5, 5.41) is 2.46. The minimum atomic E-state index is -0.339. The topological polar surface area (TPSA) is 46.2 Å². The Morgan fingerprint density at radius 1 is 1.00 bits per heavy atom. The maximum atomic E-state index is 13.2. The molecule has 1 atom stereocenters. The summed E-state index contributed by atoms with van der Waals surface area (Å²) in [4.78, 5) is 24.3. The minimum Gasteiger partial charge on any atom is -0.296 e. The van der Waals surface area contributed by atoms with Crippen LogP contribution < -0.4 is 5.32 Å². The number of hydrogen-bond acceptors (Lipinski definition) is 2. The molecule has 2 aliphatic rings. The van der Waals surface area contributed by atoms with Gasteiger partial charge in [-0.2, -0.15) is 0 Å². The molecule has 1 unspecified atom stereocenters. The molecule has 1 N–H and O–H groups in total. The molecule has 2 amide bonds. The summed E-state index contributed by atoms with van der Waals surface area (Å²) in [6, 6.07) is 6.15. The second-order valence-corrected chi connectivity index (χ2v) is 6.35. The fourth-order valence-corrected chi connectivity index (χ4v) is 4.01. The molecule has 1 saturated carbocycles. The average molecular weight is 289 g/mol. The third kappa shape index (κ3) is 2.71. The van der Waals surface area contributed by atoms with E-state index in [2.05, 4.69) is 5.32 Å². The van der Waals surface area contributed by atoms with Crippen molar-refractivity contribution in [1.82, 2.24) is 5.32 Å². The molecule has 1 aliphatic carbocycles. The van der Waals surface area contributed by atoms with Crippen LogP contribution in [0.4, 0.5) is 4.39 Å². The van der Waals surface area contributed by atoms with E-state index >= 15 is 0 Å². The largest absolute Gasteiger partial charge is 0.296 e. The summed E-state index contributed by atoms with van der Waals surface area (Å²) in [6.45, 7) is 0. The van der Waals surface area contributed by atoms with Crippen molar-refractivity contribution in [1.29, 1.82) is 0 Å². The third-order valence-electron chi connectivity index (χ3n) is 4.95. The van der Waals surface area contributed by atoms with Crippen LogP contribution in [0.1, 0.15) is 56.4 Å². The van der Waals surface area contributed by atoms with Gasteiger partial charge in [-0.1, -0.05) is 37.8 Å². The summed E-state index contributed by atoms with van der Waals surface area (Å²) in [5.41, 5.74) is 0.539. The lowest BCUT2D eigenvalue weighted by Gasteiger charge is -2.42. The lowest BCUT2D eigenvalue weighted by Crippen LogP contribution is -2.50. The van der Waals surface area contributed by atoms with Crippen LogP contribution >= 0.6 is 0 Å². The molecule has 1 heterocycles. The smallest absolute Gasteiger partial charge is 0.234 e. The maximum Gasteiger partial charge on any atom is 0.234 e. The van der Waals surface area contributed by atoms with Crippen molar-refractivity contribution in [2.75, 3.05) is 0 Å². The van der Waals surface area contributed by atoms with Gasteiger partial charge in [0.15, 0.2) is 0 Å². The first-order valence-corrected chi connectivity index (χ1v) is 7.70. The molecule has 21 heavy (non-hydrogen) atoms. The fourth-order valence-electron chi connectivity index (χ4n) is 4.01. The Bertz CT molecular complexity index is 544. The lowest BCUT2D eigenvalue weighted by molar-refractivity contribution is -0.140. The monoisotopic (exact) mass is 289 g/mol.